The van der Waals surface area contributed by atoms with Crippen molar-refractivity contribution in [2.45, 2.75) is 31.4 Å². The maximum atomic E-state index is 5.37. The Labute approximate surface area is 133 Å². The molecule has 2 N–H and O–H groups in total. The van der Waals surface area contributed by atoms with E-state index in [4.69, 9.17) is 9.73 Å². The normalized spacial score (nSPS) is 24.2. The van der Waals surface area contributed by atoms with Gasteiger partial charge in [0.05, 0.1) is 19.8 Å². The molecule has 2 aliphatic heterocycles. The number of thioether (sulfide) groups is 1. The molecule has 0 saturated carbocycles. The minimum Gasteiger partial charge on any atom is -0.379 e. The molecule has 2 saturated heterocycles. The van der Waals surface area contributed by atoms with Gasteiger partial charge in [-0.3, -0.25) is 9.89 Å². The van der Waals surface area contributed by atoms with Gasteiger partial charge in [-0.2, -0.15) is 11.8 Å². The average molecular weight is 314 g/mol. The van der Waals surface area contributed by atoms with Gasteiger partial charge >= 0.3 is 0 Å². The highest BCUT2D eigenvalue weighted by Gasteiger charge is 2.15. The van der Waals surface area contributed by atoms with Crippen molar-refractivity contribution >= 4 is 17.7 Å². The molecule has 0 aromatic heterocycles. The monoisotopic (exact) mass is 314 g/mol. The number of guanidine groups is 1. The van der Waals surface area contributed by atoms with Crippen molar-refractivity contribution in [1.29, 1.82) is 0 Å². The Morgan fingerprint density at radius 2 is 2.19 bits per heavy atom. The molecule has 5 nitrogen and oxygen atoms in total. The van der Waals surface area contributed by atoms with Crippen LogP contribution in [-0.4, -0.2) is 74.3 Å². The van der Waals surface area contributed by atoms with Crippen molar-refractivity contribution in [3.63, 3.8) is 0 Å². The van der Waals surface area contributed by atoms with E-state index in [-0.39, 0.29) is 0 Å². The van der Waals surface area contributed by atoms with Gasteiger partial charge in [-0.05, 0) is 38.5 Å². The summed E-state index contributed by atoms with van der Waals surface area (Å²) in [6.45, 7) is 10.0. The molecule has 2 rings (SSSR count). The first-order valence-electron chi connectivity index (χ1n) is 8.32. The second kappa shape index (κ2) is 10.3. The van der Waals surface area contributed by atoms with Crippen LogP contribution in [-0.2, 0) is 4.74 Å². The largest absolute Gasteiger partial charge is 0.379 e. The molecule has 2 fully saturated rings. The van der Waals surface area contributed by atoms with Crippen molar-refractivity contribution in [3.8, 4) is 0 Å². The molecule has 0 aliphatic carbocycles. The van der Waals surface area contributed by atoms with Gasteiger partial charge in [0.1, 0.15) is 0 Å². The van der Waals surface area contributed by atoms with Crippen LogP contribution in [0.3, 0.4) is 0 Å². The molecule has 0 aromatic rings. The van der Waals surface area contributed by atoms with Crippen LogP contribution in [0.25, 0.3) is 0 Å². The highest BCUT2D eigenvalue weighted by molar-refractivity contribution is 8.00. The van der Waals surface area contributed by atoms with Gasteiger partial charge in [0.25, 0.3) is 0 Å². The topological polar surface area (TPSA) is 48.9 Å². The fourth-order valence-corrected chi connectivity index (χ4v) is 3.84. The van der Waals surface area contributed by atoms with Crippen LogP contribution < -0.4 is 10.6 Å². The molecule has 1 unspecified atom stereocenters. The van der Waals surface area contributed by atoms with E-state index in [1.54, 1.807) is 0 Å². The van der Waals surface area contributed by atoms with Crippen LogP contribution >= 0.6 is 11.8 Å². The van der Waals surface area contributed by atoms with Crippen LogP contribution in [0.1, 0.15) is 26.2 Å². The number of morpholine rings is 1. The van der Waals surface area contributed by atoms with E-state index < -0.39 is 0 Å². The van der Waals surface area contributed by atoms with E-state index in [2.05, 4.69) is 34.2 Å². The quantitative estimate of drug-likeness (QED) is 0.419. The summed E-state index contributed by atoms with van der Waals surface area (Å²) in [7, 11) is 0. The Morgan fingerprint density at radius 3 is 2.90 bits per heavy atom. The van der Waals surface area contributed by atoms with Gasteiger partial charge in [-0.25, -0.2) is 0 Å². The van der Waals surface area contributed by atoms with E-state index in [1.807, 2.05) is 0 Å². The maximum absolute atomic E-state index is 5.37. The van der Waals surface area contributed by atoms with E-state index in [0.29, 0.717) is 0 Å². The van der Waals surface area contributed by atoms with Crippen molar-refractivity contribution in [3.05, 3.63) is 0 Å². The van der Waals surface area contributed by atoms with Crippen LogP contribution in [0.2, 0.25) is 0 Å². The van der Waals surface area contributed by atoms with E-state index in [0.717, 1.165) is 70.1 Å². The molecule has 2 aliphatic rings. The Hall–Kier alpha value is -0.460. The SMILES string of the molecule is CCNC(=NCC1CCCS1)NCCCN1CCOCC1. The van der Waals surface area contributed by atoms with Crippen LogP contribution in [0.15, 0.2) is 4.99 Å². The number of hydrogen-bond acceptors (Lipinski definition) is 4. The van der Waals surface area contributed by atoms with Crippen molar-refractivity contribution in [1.82, 2.24) is 15.5 Å². The van der Waals surface area contributed by atoms with Gasteiger partial charge in [0.15, 0.2) is 5.96 Å². The van der Waals surface area contributed by atoms with Gasteiger partial charge in [0, 0.05) is 31.4 Å². The fraction of sp³-hybridized carbons (Fsp3) is 0.933. The van der Waals surface area contributed by atoms with E-state index >= 15 is 0 Å². The summed E-state index contributed by atoms with van der Waals surface area (Å²) in [5.41, 5.74) is 0. The third-order valence-corrected chi connectivity index (χ3v) is 5.25. The summed E-state index contributed by atoms with van der Waals surface area (Å²) in [5, 5.41) is 7.53. The number of nitrogens with one attached hydrogen (secondary N) is 2. The molecule has 6 heteroatoms. The zero-order valence-electron chi connectivity index (χ0n) is 13.3. The third-order valence-electron chi connectivity index (χ3n) is 3.87. The molecule has 2 heterocycles. The molecule has 0 aromatic carbocycles. The predicted octanol–water partition coefficient (Wildman–Crippen LogP) is 1.16. The molecule has 0 radical (unpaired) electrons. The molecular formula is C15H30N4OS. The molecule has 122 valence electrons. The predicted molar refractivity (Wildman–Crippen MR) is 91.3 cm³/mol. The smallest absolute Gasteiger partial charge is 0.191 e. The number of nitrogens with zero attached hydrogens (tertiary/aromatic N) is 2. The van der Waals surface area contributed by atoms with Gasteiger partial charge in [-0.15, -0.1) is 0 Å². The highest BCUT2D eigenvalue weighted by atomic mass is 32.2. The summed E-state index contributed by atoms with van der Waals surface area (Å²) in [5.74, 6) is 2.29. The first-order chi connectivity index (χ1) is 10.4. The zero-order valence-corrected chi connectivity index (χ0v) is 14.1. The van der Waals surface area contributed by atoms with Gasteiger partial charge in [-0.1, -0.05) is 0 Å². The first-order valence-corrected chi connectivity index (χ1v) is 9.37. The lowest BCUT2D eigenvalue weighted by Gasteiger charge is -2.26. The van der Waals surface area contributed by atoms with E-state index in [1.165, 1.54) is 18.6 Å². The maximum Gasteiger partial charge on any atom is 0.191 e. The Balaban J connectivity index is 1.60. The number of hydrogen-bond donors (Lipinski definition) is 2. The Bertz CT molecular complexity index is 302. The van der Waals surface area contributed by atoms with Crippen LogP contribution in [0.4, 0.5) is 0 Å². The number of aliphatic imine (C=N–C) groups is 1. The lowest BCUT2D eigenvalue weighted by atomic mass is 10.2. The minimum absolute atomic E-state index is 0.730. The average Bonchev–Trinajstić information content (AvgIpc) is 3.03. The zero-order chi connectivity index (χ0) is 14.8. The molecule has 1 atom stereocenters. The van der Waals surface area contributed by atoms with Crippen LogP contribution in [0, 0.1) is 0 Å². The standard InChI is InChI=1S/C15H30N4OS/c1-2-16-15(18-13-14-5-3-12-21-14)17-6-4-7-19-8-10-20-11-9-19/h14H,2-13H2,1H3,(H2,16,17,18). The molecule has 0 amide bonds. The van der Waals surface area contributed by atoms with Crippen molar-refractivity contribution < 1.29 is 4.74 Å². The Kier molecular flexibility index (Phi) is 8.29. The van der Waals surface area contributed by atoms with E-state index in [9.17, 15) is 0 Å². The second-order valence-electron chi connectivity index (χ2n) is 5.59. The summed E-state index contributed by atoms with van der Waals surface area (Å²) in [6.07, 6.45) is 3.83. The summed E-state index contributed by atoms with van der Waals surface area (Å²) in [4.78, 5) is 7.20. The minimum atomic E-state index is 0.730. The summed E-state index contributed by atoms with van der Waals surface area (Å²) >= 11 is 2.07. The lowest BCUT2D eigenvalue weighted by Crippen LogP contribution is -2.41. The molecular weight excluding hydrogens is 284 g/mol. The summed E-state index contributed by atoms with van der Waals surface area (Å²) in [6, 6.07) is 0. The number of ether oxygens (including phenoxy) is 1. The van der Waals surface area contributed by atoms with Gasteiger partial charge < -0.3 is 15.4 Å². The van der Waals surface area contributed by atoms with Gasteiger partial charge in [0.2, 0.25) is 0 Å². The van der Waals surface area contributed by atoms with Crippen molar-refractivity contribution in [2.75, 3.05) is 58.2 Å². The molecule has 21 heavy (non-hydrogen) atoms. The first kappa shape index (κ1) is 16.9. The number of rotatable bonds is 7. The highest BCUT2D eigenvalue weighted by Crippen LogP contribution is 2.25. The van der Waals surface area contributed by atoms with Crippen molar-refractivity contribution in [2.24, 2.45) is 4.99 Å². The third kappa shape index (κ3) is 6.89. The summed E-state index contributed by atoms with van der Waals surface area (Å²) < 4.78 is 5.37. The van der Waals surface area contributed by atoms with Crippen LogP contribution in [0.5, 0.6) is 0 Å². The molecule has 0 bridgehead atoms. The second-order valence-corrected chi connectivity index (χ2v) is 7.00. The lowest BCUT2D eigenvalue weighted by molar-refractivity contribution is 0.0376. The molecule has 0 spiro atoms. The fourth-order valence-electron chi connectivity index (χ4n) is 2.66. The Morgan fingerprint density at radius 1 is 1.33 bits per heavy atom.